The van der Waals surface area contributed by atoms with E-state index in [2.05, 4.69) is 20.0 Å². The number of aryl methyl sites for hydroxylation is 3. The summed E-state index contributed by atoms with van der Waals surface area (Å²) in [6.45, 7) is 9.38. The molecule has 1 amide bonds. The topological polar surface area (TPSA) is 105 Å². The van der Waals surface area contributed by atoms with Crippen molar-refractivity contribution in [3.05, 3.63) is 58.2 Å². The second-order valence-electron chi connectivity index (χ2n) is 8.73. The molecular weight excluding hydrogens is 434 g/mol. The Bertz CT molecular complexity index is 1160. The van der Waals surface area contributed by atoms with Gasteiger partial charge in [0.2, 0.25) is 11.7 Å². The lowest BCUT2D eigenvalue weighted by Crippen LogP contribution is -2.49. The van der Waals surface area contributed by atoms with Gasteiger partial charge in [0.15, 0.2) is 0 Å². The van der Waals surface area contributed by atoms with E-state index in [0.29, 0.717) is 47.3 Å². The second kappa shape index (κ2) is 10.2. The number of aromatic amines is 1. The quantitative estimate of drug-likeness (QED) is 0.535. The molecule has 2 aromatic heterocycles. The molecular formula is C25H31N5O4. The van der Waals surface area contributed by atoms with E-state index in [0.717, 1.165) is 38.0 Å². The van der Waals surface area contributed by atoms with Crippen LogP contribution in [0.5, 0.6) is 0 Å². The molecule has 1 saturated heterocycles. The number of amides is 1. The van der Waals surface area contributed by atoms with Crippen LogP contribution in [0.1, 0.15) is 50.0 Å². The first-order valence-corrected chi connectivity index (χ1v) is 11.6. The summed E-state index contributed by atoms with van der Waals surface area (Å²) in [5, 5.41) is 4.10. The van der Waals surface area contributed by atoms with E-state index in [1.807, 2.05) is 36.1 Å². The number of nitrogens with one attached hydrogen (secondary N) is 1. The number of rotatable bonds is 7. The number of piperazine rings is 1. The molecule has 3 heterocycles. The number of ether oxygens (including phenoxy) is 1. The standard InChI is InChI=1S/C25H31N5O4/c1-16-7-9-19(10-8-16)23-27-20(34-28-23)6-5-11-29-12-14-30(15-13-29)24(31)22-17(2)21(18(3)26-22)25(32)33-4/h7-10,26H,5-6,11-15H2,1-4H3. The Hall–Kier alpha value is -3.46. The number of nitrogens with zero attached hydrogens (tertiary/aromatic N) is 4. The lowest BCUT2D eigenvalue weighted by atomic mass is 10.1. The van der Waals surface area contributed by atoms with E-state index in [1.165, 1.54) is 12.7 Å². The van der Waals surface area contributed by atoms with Gasteiger partial charge in [-0.3, -0.25) is 9.69 Å². The number of carbonyl (C=O) groups is 2. The number of hydrogen-bond donors (Lipinski definition) is 1. The van der Waals surface area contributed by atoms with Gasteiger partial charge in [-0.25, -0.2) is 4.79 Å². The molecule has 0 bridgehead atoms. The molecule has 0 atom stereocenters. The number of carbonyl (C=O) groups excluding carboxylic acids is 2. The Balaban J connectivity index is 1.25. The van der Waals surface area contributed by atoms with Crippen molar-refractivity contribution in [1.82, 2.24) is 24.9 Å². The number of H-pyrrole nitrogens is 1. The maximum atomic E-state index is 13.0. The largest absolute Gasteiger partial charge is 0.465 e. The molecule has 9 heteroatoms. The van der Waals surface area contributed by atoms with Gasteiger partial charge in [0.05, 0.1) is 12.7 Å². The van der Waals surface area contributed by atoms with Crippen LogP contribution < -0.4 is 0 Å². The van der Waals surface area contributed by atoms with Crippen molar-refractivity contribution in [1.29, 1.82) is 0 Å². The van der Waals surface area contributed by atoms with Crippen LogP contribution in [-0.4, -0.2) is 76.6 Å². The molecule has 0 aliphatic carbocycles. The molecule has 1 aliphatic heterocycles. The Morgan fingerprint density at radius 1 is 1.09 bits per heavy atom. The normalized spacial score (nSPS) is 14.4. The fraction of sp³-hybridized carbons (Fsp3) is 0.440. The summed E-state index contributed by atoms with van der Waals surface area (Å²) >= 11 is 0. The molecule has 4 rings (SSSR count). The van der Waals surface area contributed by atoms with Crippen LogP contribution in [0.25, 0.3) is 11.4 Å². The van der Waals surface area contributed by atoms with E-state index < -0.39 is 5.97 Å². The molecule has 1 N–H and O–H groups in total. The molecule has 3 aromatic rings. The monoisotopic (exact) mass is 465 g/mol. The van der Waals surface area contributed by atoms with E-state index in [4.69, 9.17) is 9.26 Å². The summed E-state index contributed by atoms with van der Waals surface area (Å²) in [6.07, 6.45) is 1.62. The molecule has 9 nitrogen and oxygen atoms in total. The van der Waals surface area contributed by atoms with Crippen LogP contribution >= 0.6 is 0 Å². The van der Waals surface area contributed by atoms with Gasteiger partial charge in [0.25, 0.3) is 5.91 Å². The molecule has 0 saturated carbocycles. The minimum Gasteiger partial charge on any atom is -0.465 e. The van der Waals surface area contributed by atoms with Crippen LogP contribution in [0.15, 0.2) is 28.8 Å². The van der Waals surface area contributed by atoms with E-state index in [1.54, 1.807) is 13.8 Å². The molecule has 34 heavy (non-hydrogen) atoms. The average Bonchev–Trinajstić information content (AvgIpc) is 3.43. The maximum Gasteiger partial charge on any atom is 0.339 e. The Kier molecular flexibility index (Phi) is 7.12. The second-order valence-corrected chi connectivity index (χ2v) is 8.73. The van der Waals surface area contributed by atoms with Crippen LogP contribution in [0, 0.1) is 20.8 Å². The van der Waals surface area contributed by atoms with Gasteiger partial charge in [0, 0.05) is 43.9 Å². The average molecular weight is 466 g/mol. The predicted octanol–water partition coefficient (Wildman–Crippen LogP) is 3.17. The van der Waals surface area contributed by atoms with Gasteiger partial charge in [0.1, 0.15) is 5.69 Å². The van der Waals surface area contributed by atoms with Gasteiger partial charge in [-0.2, -0.15) is 4.98 Å². The number of methoxy groups -OCH3 is 1. The smallest absolute Gasteiger partial charge is 0.339 e. The lowest BCUT2D eigenvalue weighted by Gasteiger charge is -2.34. The van der Waals surface area contributed by atoms with E-state index in [9.17, 15) is 9.59 Å². The summed E-state index contributed by atoms with van der Waals surface area (Å²) in [4.78, 5) is 36.8. The highest BCUT2D eigenvalue weighted by Crippen LogP contribution is 2.21. The Labute approximate surface area is 199 Å². The van der Waals surface area contributed by atoms with Crippen molar-refractivity contribution in [2.24, 2.45) is 0 Å². The van der Waals surface area contributed by atoms with Crippen molar-refractivity contribution in [3.8, 4) is 11.4 Å². The van der Waals surface area contributed by atoms with Crippen molar-refractivity contribution in [2.45, 2.75) is 33.6 Å². The summed E-state index contributed by atoms with van der Waals surface area (Å²) in [7, 11) is 1.34. The van der Waals surface area contributed by atoms with Crippen molar-refractivity contribution in [2.75, 3.05) is 39.8 Å². The van der Waals surface area contributed by atoms with Crippen molar-refractivity contribution < 1.29 is 18.8 Å². The van der Waals surface area contributed by atoms with Crippen LogP contribution in [0.4, 0.5) is 0 Å². The third kappa shape index (κ3) is 5.04. The number of benzene rings is 1. The first-order valence-electron chi connectivity index (χ1n) is 11.6. The molecule has 0 radical (unpaired) electrons. The Morgan fingerprint density at radius 2 is 1.79 bits per heavy atom. The summed E-state index contributed by atoms with van der Waals surface area (Å²) < 4.78 is 10.3. The molecule has 1 aliphatic rings. The highest BCUT2D eigenvalue weighted by molar-refractivity contribution is 6.00. The third-order valence-electron chi connectivity index (χ3n) is 6.34. The Morgan fingerprint density at radius 3 is 2.47 bits per heavy atom. The van der Waals surface area contributed by atoms with Crippen LogP contribution in [0.2, 0.25) is 0 Å². The maximum absolute atomic E-state index is 13.0. The number of hydrogen-bond acceptors (Lipinski definition) is 7. The summed E-state index contributed by atoms with van der Waals surface area (Å²) in [6, 6.07) is 8.06. The minimum absolute atomic E-state index is 0.0788. The molecule has 0 unspecified atom stereocenters. The van der Waals surface area contributed by atoms with Gasteiger partial charge >= 0.3 is 5.97 Å². The zero-order valence-corrected chi connectivity index (χ0v) is 20.2. The zero-order valence-electron chi connectivity index (χ0n) is 20.2. The number of aromatic nitrogens is 3. The van der Waals surface area contributed by atoms with E-state index in [-0.39, 0.29) is 5.91 Å². The first-order chi connectivity index (χ1) is 16.4. The SMILES string of the molecule is COC(=O)c1c(C)[nH]c(C(=O)N2CCN(CCCc3nc(-c4ccc(C)cc4)no3)CC2)c1C. The van der Waals surface area contributed by atoms with Gasteiger partial charge in [-0.15, -0.1) is 0 Å². The van der Waals surface area contributed by atoms with Crippen LogP contribution in [0.3, 0.4) is 0 Å². The van der Waals surface area contributed by atoms with Gasteiger partial charge in [-0.1, -0.05) is 35.0 Å². The highest BCUT2D eigenvalue weighted by atomic mass is 16.5. The zero-order chi connectivity index (χ0) is 24.2. The molecule has 180 valence electrons. The highest BCUT2D eigenvalue weighted by Gasteiger charge is 2.27. The minimum atomic E-state index is -0.428. The van der Waals surface area contributed by atoms with Gasteiger partial charge in [-0.05, 0) is 39.3 Å². The van der Waals surface area contributed by atoms with Crippen LogP contribution in [-0.2, 0) is 11.2 Å². The number of esters is 1. The fourth-order valence-electron chi connectivity index (χ4n) is 4.33. The van der Waals surface area contributed by atoms with Crippen molar-refractivity contribution >= 4 is 11.9 Å². The molecule has 1 aromatic carbocycles. The molecule has 0 spiro atoms. The predicted molar refractivity (Wildman–Crippen MR) is 127 cm³/mol. The summed E-state index contributed by atoms with van der Waals surface area (Å²) in [5.74, 6) is 0.753. The summed E-state index contributed by atoms with van der Waals surface area (Å²) in [5.41, 5.74) is 4.34. The third-order valence-corrected chi connectivity index (χ3v) is 6.34. The lowest BCUT2D eigenvalue weighted by molar-refractivity contribution is 0.0599. The molecule has 1 fully saturated rings. The van der Waals surface area contributed by atoms with E-state index >= 15 is 0 Å². The fourth-order valence-corrected chi connectivity index (χ4v) is 4.33. The van der Waals surface area contributed by atoms with Gasteiger partial charge < -0.3 is 19.1 Å². The van der Waals surface area contributed by atoms with Crippen molar-refractivity contribution in [3.63, 3.8) is 0 Å². The first kappa shape index (κ1) is 23.7.